The maximum atomic E-state index is 13.3. The van der Waals surface area contributed by atoms with E-state index in [9.17, 15) is 13.9 Å². The molecule has 5 heteroatoms. The van der Waals surface area contributed by atoms with Gasteiger partial charge < -0.3 is 15.2 Å². The number of benzene rings is 1. The Labute approximate surface area is 98.4 Å². The molecule has 1 aromatic carbocycles. The molecule has 0 spiro atoms. The monoisotopic (exact) mass is 243 g/mol. The van der Waals surface area contributed by atoms with E-state index in [1.165, 1.54) is 0 Å². The van der Waals surface area contributed by atoms with E-state index in [2.05, 4.69) is 5.32 Å². The van der Waals surface area contributed by atoms with E-state index in [1.807, 2.05) is 0 Å². The minimum Gasteiger partial charge on any atom is -0.387 e. The molecule has 1 fully saturated rings. The lowest BCUT2D eigenvalue weighted by Gasteiger charge is -2.16. The number of ether oxygens (including phenoxy) is 1. The van der Waals surface area contributed by atoms with E-state index < -0.39 is 17.7 Å². The van der Waals surface area contributed by atoms with Crippen molar-refractivity contribution >= 4 is 0 Å². The van der Waals surface area contributed by atoms with Crippen LogP contribution >= 0.6 is 0 Å². The van der Waals surface area contributed by atoms with Gasteiger partial charge in [0, 0.05) is 24.8 Å². The fourth-order valence-electron chi connectivity index (χ4n) is 1.85. The Morgan fingerprint density at radius 1 is 1.47 bits per heavy atom. The van der Waals surface area contributed by atoms with E-state index in [-0.39, 0.29) is 18.2 Å². The van der Waals surface area contributed by atoms with E-state index in [1.54, 1.807) is 0 Å². The Kier molecular flexibility index (Phi) is 4.04. The first-order chi connectivity index (χ1) is 8.16. The number of hydrogen-bond donors (Lipinski definition) is 2. The van der Waals surface area contributed by atoms with E-state index in [0.717, 1.165) is 24.6 Å². The Balaban J connectivity index is 1.93. The number of rotatable bonds is 4. The minimum absolute atomic E-state index is 0.0172. The third-order valence-corrected chi connectivity index (χ3v) is 2.85. The van der Waals surface area contributed by atoms with Gasteiger partial charge in [-0.25, -0.2) is 8.78 Å². The fraction of sp³-hybridized carbons (Fsp3) is 0.500. The quantitative estimate of drug-likeness (QED) is 0.839. The first-order valence-corrected chi connectivity index (χ1v) is 5.61. The highest BCUT2D eigenvalue weighted by atomic mass is 19.1. The standard InChI is InChI=1S/C12H15F2NO2/c13-8-1-2-11(14)10(5-8)12(16)6-15-9-3-4-17-7-9/h1-2,5,9,12,15-16H,3-4,6-7H2. The molecule has 17 heavy (non-hydrogen) atoms. The number of halogens is 2. The lowest BCUT2D eigenvalue weighted by molar-refractivity contribution is 0.157. The summed E-state index contributed by atoms with van der Waals surface area (Å²) in [6.45, 7) is 1.48. The van der Waals surface area contributed by atoms with Crippen LogP contribution in [0.1, 0.15) is 18.1 Å². The maximum absolute atomic E-state index is 13.3. The van der Waals surface area contributed by atoms with Crippen molar-refractivity contribution < 1.29 is 18.6 Å². The normalized spacial score (nSPS) is 21.7. The molecule has 0 bridgehead atoms. The van der Waals surface area contributed by atoms with Crippen molar-refractivity contribution in [2.45, 2.75) is 18.6 Å². The molecule has 2 atom stereocenters. The Bertz CT molecular complexity index is 381. The van der Waals surface area contributed by atoms with Gasteiger partial charge in [0.15, 0.2) is 0 Å². The molecular weight excluding hydrogens is 228 g/mol. The summed E-state index contributed by atoms with van der Waals surface area (Å²) in [6, 6.07) is 3.25. The summed E-state index contributed by atoms with van der Waals surface area (Å²) < 4.78 is 31.4. The van der Waals surface area contributed by atoms with Crippen molar-refractivity contribution in [2.75, 3.05) is 19.8 Å². The summed E-state index contributed by atoms with van der Waals surface area (Å²) in [7, 11) is 0. The molecule has 0 amide bonds. The second-order valence-corrected chi connectivity index (χ2v) is 4.15. The second kappa shape index (κ2) is 5.53. The summed E-state index contributed by atoms with van der Waals surface area (Å²) in [6.07, 6.45) is -0.176. The van der Waals surface area contributed by atoms with Crippen LogP contribution in [0.15, 0.2) is 18.2 Å². The predicted octanol–water partition coefficient (Wildman–Crippen LogP) is 1.38. The van der Waals surface area contributed by atoms with Crippen LogP contribution in [-0.4, -0.2) is 30.9 Å². The molecule has 0 aliphatic carbocycles. The van der Waals surface area contributed by atoms with Gasteiger partial charge in [-0.1, -0.05) is 0 Å². The molecule has 94 valence electrons. The lowest BCUT2D eigenvalue weighted by atomic mass is 10.1. The van der Waals surface area contributed by atoms with Crippen LogP contribution in [0.3, 0.4) is 0 Å². The molecule has 0 saturated carbocycles. The van der Waals surface area contributed by atoms with Gasteiger partial charge in [0.2, 0.25) is 0 Å². The largest absolute Gasteiger partial charge is 0.387 e. The van der Waals surface area contributed by atoms with Crippen molar-refractivity contribution in [2.24, 2.45) is 0 Å². The fourth-order valence-corrected chi connectivity index (χ4v) is 1.85. The number of aliphatic hydroxyl groups is 1. The zero-order valence-corrected chi connectivity index (χ0v) is 9.33. The van der Waals surface area contributed by atoms with Crippen molar-refractivity contribution in [1.82, 2.24) is 5.32 Å². The highest BCUT2D eigenvalue weighted by Crippen LogP contribution is 2.18. The van der Waals surface area contributed by atoms with Crippen LogP contribution in [0.25, 0.3) is 0 Å². The lowest BCUT2D eigenvalue weighted by Crippen LogP contribution is -2.33. The highest BCUT2D eigenvalue weighted by Gasteiger charge is 2.18. The van der Waals surface area contributed by atoms with E-state index >= 15 is 0 Å². The number of nitrogens with one attached hydrogen (secondary N) is 1. The van der Waals surface area contributed by atoms with E-state index in [4.69, 9.17) is 4.74 Å². The molecule has 2 unspecified atom stereocenters. The summed E-state index contributed by atoms with van der Waals surface area (Å²) in [5.41, 5.74) is -0.0172. The number of hydrogen-bond acceptors (Lipinski definition) is 3. The van der Waals surface area contributed by atoms with Crippen LogP contribution in [0.4, 0.5) is 8.78 Å². The van der Waals surface area contributed by atoms with Crippen LogP contribution in [0.5, 0.6) is 0 Å². The zero-order valence-electron chi connectivity index (χ0n) is 9.33. The smallest absolute Gasteiger partial charge is 0.129 e. The van der Waals surface area contributed by atoms with Crippen LogP contribution in [0.2, 0.25) is 0 Å². The van der Waals surface area contributed by atoms with Crippen molar-refractivity contribution in [1.29, 1.82) is 0 Å². The average Bonchev–Trinajstić information content (AvgIpc) is 2.82. The molecule has 0 aromatic heterocycles. The van der Waals surface area contributed by atoms with Crippen LogP contribution in [-0.2, 0) is 4.74 Å². The SMILES string of the molecule is OC(CNC1CCOC1)c1cc(F)ccc1F. The first-order valence-electron chi connectivity index (χ1n) is 5.61. The summed E-state index contributed by atoms with van der Waals surface area (Å²) in [5, 5.41) is 12.8. The molecular formula is C12H15F2NO2. The maximum Gasteiger partial charge on any atom is 0.129 e. The van der Waals surface area contributed by atoms with Crippen molar-refractivity contribution in [3.8, 4) is 0 Å². The molecule has 1 aliphatic heterocycles. The van der Waals surface area contributed by atoms with Gasteiger partial charge in [0.1, 0.15) is 11.6 Å². The molecule has 1 saturated heterocycles. The highest BCUT2D eigenvalue weighted by molar-refractivity contribution is 5.21. The van der Waals surface area contributed by atoms with Crippen molar-refractivity contribution in [3.05, 3.63) is 35.4 Å². The first kappa shape index (κ1) is 12.4. The molecule has 1 aliphatic rings. The van der Waals surface area contributed by atoms with Gasteiger partial charge in [-0.05, 0) is 24.6 Å². The Hall–Kier alpha value is -1.04. The predicted molar refractivity (Wildman–Crippen MR) is 58.5 cm³/mol. The minimum atomic E-state index is -1.05. The summed E-state index contributed by atoms with van der Waals surface area (Å²) in [5.74, 6) is -1.15. The third-order valence-electron chi connectivity index (χ3n) is 2.85. The topological polar surface area (TPSA) is 41.5 Å². The second-order valence-electron chi connectivity index (χ2n) is 4.15. The Morgan fingerprint density at radius 2 is 2.29 bits per heavy atom. The van der Waals surface area contributed by atoms with Crippen molar-refractivity contribution in [3.63, 3.8) is 0 Å². The molecule has 1 aromatic rings. The molecule has 0 radical (unpaired) electrons. The average molecular weight is 243 g/mol. The van der Waals surface area contributed by atoms with Gasteiger partial charge >= 0.3 is 0 Å². The Morgan fingerprint density at radius 3 is 3.00 bits per heavy atom. The summed E-state index contributed by atoms with van der Waals surface area (Å²) in [4.78, 5) is 0. The zero-order chi connectivity index (χ0) is 12.3. The van der Waals surface area contributed by atoms with Gasteiger partial charge in [-0.2, -0.15) is 0 Å². The third kappa shape index (κ3) is 3.21. The van der Waals surface area contributed by atoms with Gasteiger partial charge in [0.05, 0.1) is 12.7 Å². The summed E-state index contributed by atoms with van der Waals surface area (Å²) >= 11 is 0. The van der Waals surface area contributed by atoms with Crippen LogP contribution in [0, 0.1) is 11.6 Å². The number of aliphatic hydroxyl groups excluding tert-OH is 1. The molecule has 1 heterocycles. The van der Waals surface area contributed by atoms with Gasteiger partial charge in [-0.3, -0.25) is 0 Å². The molecule has 2 rings (SSSR count). The molecule has 3 nitrogen and oxygen atoms in total. The van der Waals surface area contributed by atoms with Gasteiger partial charge in [0.25, 0.3) is 0 Å². The van der Waals surface area contributed by atoms with E-state index in [0.29, 0.717) is 13.2 Å². The van der Waals surface area contributed by atoms with Crippen LogP contribution < -0.4 is 5.32 Å². The van der Waals surface area contributed by atoms with Gasteiger partial charge in [-0.15, -0.1) is 0 Å². The molecule has 2 N–H and O–H groups in total.